The van der Waals surface area contributed by atoms with Gasteiger partial charge in [-0.2, -0.15) is 37.0 Å². The van der Waals surface area contributed by atoms with Crippen molar-refractivity contribution in [2.24, 2.45) is 75.1 Å². The van der Waals surface area contributed by atoms with Crippen molar-refractivity contribution >= 4 is 173 Å². The normalized spacial score (nSPS) is 18.3. The van der Waals surface area contributed by atoms with Crippen molar-refractivity contribution in [1.82, 2.24) is 99.8 Å². The molecule has 0 spiro atoms. The minimum Gasteiger partial charge on any atom is -0.480 e. The fourth-order valence-corrected chi connectivity index (χ4v) is 17.4. The molecule has 0 aromatic heterocycles. The number of carboxylic acid groups (broad SMARTS) is 1. The number of guanidine groups is 1. The highest BCUT2D eigenvalue weighted by atomic mass is 32.2. The van der Waals surface area contributed by atoms with Crippen LogP contribution in [-0.4, -0.2) is 349 Å². The Morgan fingerprint density at radius 3 is 1.08 bits per heavy atom. The number of hydrogen-bond acceptors (Lipinski definition) is 29. The van der Waals surface area contributed by atoms with Crippen molar-refractivity contribution in [1.29, 1.82) is 0 Å². The van der Waals surface area contributed by atoms with Crippen LogP contribution in [0.25, 0.3) is 0 Å². The van der Waals surface area contributed by atoms with Gasteiger partial charge in [0.1, 0.15) is 109 Å². The van der Waals surface area contributed by atoms with Gasteiger partial charge in [-0.1, -0.05) is 96.9 Å². The molecule has 50 nitrogen and oxygen atoms in total. The number of likely N-dealkylation sites (tertiary alicyclic amines) is 3. The first-order chi connectivity index (χ1) is 68.2. The number of carboxylic acids is 1. The molecule has 29 N–H and O–H groups in total. The largest absolute Gasteiger partial charge is 0.480 e. The number of aliphatic hydroxyl groups is 2. The van der Waals surface area contributed by atoms with Crippen LogP contribution in [0.1, 0.15) is 220 Å². The van der Waals surface area contributed by atoms with E-state index in [0.717, 1.165) is 4.90 Å². The van der Waals surface area contributed by atoms with Crippen molar-refractivity contribution in [3.63, 3.8) is 0 Å². The number of nitrogens with zero attached hydrogens (tertiary/aromatic N) is 4. The number of nitrogens with two attached hydrogens (primary N) is 5. The number of nitrogens with one attached hydrogen (secondary N) is 16. The fourth-order valence-electron chi connectivity index (χ4n) is 16.5. The molecule has 53 heteroatoms. The van der Waals surface area contributed by atoms with Gasteiger partial charge < -0.3 is 144 Å². The van der Waals surface area contributed by atoms with Crippen molar-refractivity contribution in [2.75, 3.05) is 56.2 Å². The lowest BCUT2D eigenvalue weighted by Gasteiger charge is -2.32. The smallest absolute Gasteiger partial charge is 0.327 e. The molecule has 21 atom stereocenters. The van der Waals surface area contributed by atoms with Gasteiger partial charge in [0.15, 0.2) is 5.96 Å². The van der Waals surface area contributed by atoms with Gasteiger partial charge in [0, 0.05) is 50.5 Å². The summed E-state index contributed by atoms with van der Waals surface area (Å²) in [5.74, 6) is -23.5. The van der Waals surface area contributed by atoms with Gasteiger partial charge in [-0.25, -0.2) is 4.79 Å². The predicted molar refractivity (Wildman–Crippen MR) is 546 cm³/mol. The maximum atomic E-state index is 14.8. The maximum Gasteiger partial charge on any atom is 0.327 e. The fraction of sp³-hybridized carbons (Fsp3) is 0.753. The summed E-state index contributed by atoms with van der Waals surface area (Å²) in [5, 5.41) is 72.3. The molecule has 0 aliphatic carbocycles. The topological polar surface area (TPSA) is 781 Å². The van der Waals surface area contributed by atoms with Crippen molar-refractivity contribution < 1.29 is 121 Å². The zero-order chi connectivity index (χ0) is 111. The molecule has 3 rings (SSSR count). The number of aliphatic imine (C=N–C) groups is 1. The first kappa shape index (κ1) is 129. The standard InChI is InChI=1S/C93H161N25O25S3/c1-43(2)37-58(106-85(135)69(47(9)10)111-77(127)54(23-19-32-99-93(97)98)105-88(138)72(51(16)119)114-79(129)57(31-36-146-18)104-83(133)64-26-22-35-118(64)91(141)73(52(17)120)115-75(125)53(94)41-144)80(130)102-55(27-29-65(95)121)76(126)100-40-67(123)110-68(46(7)8)84(134)108-60(39-45(5)6)90(140)116-33-20-24-62(116)81(131)101-50(15)74(124)107-59(38-44(3)4)89(139)117-34-21-25-63(117)82(132)103-56(28-30-66(96)122)78(128)112-71(49(13)14)87(137)113-70(48(11)12)86(136)109-61(42-145)92(142)143/h43-64,68-73,119-120,144-145H,19-42,94H2,1-18H3,(H2,95,121)(H2,96,122)(H,100,126)(H,101,131)(H,102,130)(H,103,132)(H,104,133)(H,105,138)(H,106,135)(H,107,124)(H,108,134)(H,109,136)(H,110,123)(H,111,127)(H,112,128)(H,113,137)(H,114,129)(H,115,125)(H,142,143)(H4,97,98,99)/t50-,51+,52+,53-,54-,55-,56-,57-,58-,59-,60-,61-,62-,63-,64-,68-,69-,70-,71-,72-,73-/m0/s1. The van der Waals surface area contributed by atoms with Crippen LogP contribution in [0.4, 0.5) is 0 Å². The summed E-state index contributed by atoms with van der Waals surface area (Å²) < 4.78 is 0. The molecular weight excluding hydrogens is 1960 g/mol. The number of aliphatic carboxylic acids is 1. The second-order valence-electron chi connectivity index (χ2n) is 39.9. The molecule has 0 unspecified atom stereocenters. The SMILES string of the molecule is CSCC[C@H](NC(=O)[C@@H]1CCCN1C(=O)[C@@H](NC(=O)[C@@H](N)CS)[C@@H](C)O)C(=O)N[C@H](C(=O)N[C@@H](CCCN=C(N)N)C(=O)N[C@H](C(=O)N[C@@H](CC(C)C)C(=O)N[C@@H](CCC(N)=O)C(=O)NCC(=O)N[C@H](C(=O)N[C@@H](CC(C)C)C(=O)N1CCC[C@H]1C(=O)N[C@@H](C)C(=O)N[C@@H](CC(C)C)C(=O)N1CCC[C@H]1C(=O)N[C@@H](CCC(N)=O)C(=O)N[C@H](C(=O)N[C@H](C(=O)N[C@@H](CS)C(=O)O)C(C)C)C(C)C)C(C)C)C(C)C)[C@@H](C)O. The van der Waals surface area contributed by atoms with Crippen LogP contribution in [0.2, 0.25) is 0 Å². The number of hydrogen-bond donors (Lipinski definition) is 26. The Hall–Kier alpha value is -11.5. The van der Waals surface area contributed by atoms with Crippen LogP contribution >= 0.6 is 37.0 Å². The number of rotatable bonds is 63. The summed E-state index contributed by atoms with van der Waals surface area (Å²) in [7, 11) is 0. The maximum absolute atomic E-state index is 14.8. The zero-order valence-electron chi connectivity index (χ0n) is 86.9. The lowest BCUT2D eigenvalue weighted by molar-refractivity contribution is -0.144. The van der Waals surface area contributed by atoms with Crippen molar-refractivity contribution in [2.45, 2.75) is 347 Å². The molecule has 0 bridgehead atoms. The van der Waals surface area contributed by atoms with E-state index >= 15 is 0 Å². The summed E-state index contributed by atoms with van der Waals surface area (Å²) in [6.45, 7) is 26.2. The average Bonchev–Trinajstić information content (AvgIpc) is 1.64. The van der Waals surface area contributed by atoms with Crippen molar-refractivity contribution in [3.05, 3.63) is 0 Å². The third-order valence-electron chi connectivity index (χ3n) is 24.6. The highest BCUT2D eigenvalue weighted by Gasteiger charge is 2.47. The van der Waals surface area contributed by atoms with E-state index in [9.17, 15) is 121 Å². The first-order valence-electron chi connectivity index (χ1n) is 49.6. The summed E-state index contributed by atoms with van der Waals surface area (Å²) in [5.41, 5.74) is 28.0. The lowest BCUT2D eigenvalue weighted by atomic mass is 9.98. The molecule has 3 saturated heterocycles. The number of carbonyl (C=O) groups is 22. The molecule has 21 amide bonds. The highest BCUT2D eigenvalue weighted by molar-refractivity contribution is 7.98. The zero-order valence-corrected chi connectivity index (χ0v) is 89.5. The number of thioether (sulfide) groups is 1. The lowest BCUT2D eigenvalue weighted by Crippen LogP contribution is -2.62. The minimum absolute atomic E-state index is 0.0167. The molecule has 3 aliphatic rings. The molecule has 826 valence electrons. The quantitative estimate of drug-likeness (QED) is 0.0117. The molecule has 3 fully saturated rings. The van der Waals surface area contributed by atoms with Crippen LogP contribution < -0.4 is 114 Å². The molecule has 3 heterocycles. The second-order valence-corrected chi connectivity index (χ2v) is 41.6. The van der Waals surface area contributed by atoms with E-state index in [2.05, 4.69) is 115 Å². The van der Waals surface area contributed by atoms with Crippen LogP contribution in [0.3, 0.4) is 0 Å². The molecule has 0 saturated carbocycles. The number of carbonyl (C=O) groups excluding carboxylic acids is 21. The van der Waals surface area contributed by atoms with E-state index in [1.807, 2.05) is 0 Å². The average molecular weight is 2130 g/mol. The predicted octanol–water partition coefficient (Wildman–Crippen LogP) is -6.50. The third-order valence-corrected chi connectivity index (χ3v) is 26.0. The Labute approximate surface area is 867 Å². The monoisotopic (exact) mass is 2120 g/mol. The second kappa shape index (κ2) is 63.3. The van der Waals surface area contributed by atoms with E-state index in [1.165, 1.54) is 42.3 Å². The van der Waals surface area contributed by atoms with E-state index in [0.29, 0.717) is 19.3 Å². The van der Waals surface area contributed by atoms with Gasteiger partial charge in [0.05, 0.1) is 24.8 Å². The van der Waals surface area contributed by atoms with Gasteiger partial charge in [0.2, 0.25) is 124 Å². The van der Waals surface area contributed by atoms with Crippen LogP contribution in [0.15, 0.2) is 4.99 Å². The minimum atomic E-state index is -1.82. The van der Waals surface area contributed by atoms with Gasteiger partial charge in [-0.3, -0.25) is 106 Å². The van der Waals surface area contributed by atoms with E-state index in [-0.39, 0.29) is 131 Å². The molecule has 146 heavy (non-hydrogen) atoms. The van der Waals surface area contributed by atoms with Crippen LogP contribution in [0, 0.1) is 41.4 Å². The van der Waals surface area contributed by atoms with Crippen molar-refractivity contribution in [3.8, 4) is 0 Å². The molecule has 0 radical (unpaired) electrons. The molecule has 3 aliphatic heterocycles. The number of primary amides is 2. The first-order valence-corrected chi connectivity index (χ1v) is 52.3. The Balaban J connectivity index is 1.81. The number of thiol groups is 2. The summed E-state index contributed by atoms with van der Waals surface area (Å²) >= 11 is 9.31. The molecule has 0 aromatic rings. The van der Waals surface area contributed by atoms with Gasteiger partial charge in [-0.15, -0.1) is 0 Å². The Morgan fingerprint density at radius 2 is 0.692 bits per heavy atom. The highest BCUT2D eigenvalue weighted by Crippen LogP contribution is 2.26. The number of aliphatic hydroxyl groups excluding tert-OH is 2. The van der Waals surface area contributed by atoms with Crippen LogP contribution in [0.5, 0.6) is 0 Å². The third kappa shape index (κ3) is 42.4. The Bertz CT molecular complexity index is 4530. The van der Waals surface area contributed by atoms with Gasteiger partial charge in [0.25, 0.3) is 0 Å². The van der Waals surface area contributed by atoms with Gasteiger partial charge >= 0.3 is 5.97 Å². The molecular formula is C93H161N25O25S3. The van der Waals surface area contributed by atoms with Gasteiger partial charge in [-0.05, 0) is 164 Å². The Kier molecular flexibility index (Phi) is 55.8. The van der Waals surface area contributed by atoms with E-state index in [1.54, 1.807) is 103 Å². The van der Waals surface area contributed by atoms with E-state index < -0.39 is 307 Å². The number of amides is 21. The Morgan fingerprint density at radius 1 is 0.363 bits per heavy atom. The summed E-state index contributed by atoms with van der Waals surface area (Å²) in [4.78, 5) is 313. The summed E-state index contributed by atoms with van der Waals surface area (Å²) in [6, 6.07) is -26.4. The van der Waals surface area contributed by atoms with E-state index in [4.69, 9.17) is 28.7 Å². The van der Waals surface area contributed by atoms with Crippen LogP contribution in [-0.2, 0) is 105 Å². The molecule has 0 aromatic carbocycles. The summed E-state index contributed by atoms with van der Waals surface area (Å²) in [6.07, 6.45) is -2.09.